The second-order valence-corrected chi connectivity index (χ2v) is 8.61. The van der Waals surface area contributed by atoms with Crippen LogP contribution in [0.5, 0.6) is 17.4 Å². The van der Waals surface area contributed by atoms with Crippen molar-refractivity contribution in [3.05, 3.63) is 71.9 Å². The molecule has 8 nitrogen and oxygen atoms in total. The lowest BCUT2D eigenvalue weighted by molar-refractivity contribution is -0.112. The van der Waals surface area contributed by atoms with Crippen molar-refractivity contribution in [2.45, 2.75) is 19.4 Å². The number of ether oxygens (including phenoxy) is 2. The lowest BCUT2D eigenvalue weighted by atomic mass is 10.1. The van der Waals surface area contributed by atoms with Crippen LogP contribution in [0.3, 0.4) is 0 Å². The molecule has 1 N–H and O–H groups in total. The summed E-state index contributed by atoms with van der Waals surface area (Å²) in [4.78, 5) is 33.7. The number of thioether (sulfide) groups is 1. The second kappa shape index (κ2) is 10.4. The number of carbonyl (C=O) groups excluding carboxylic acids is 2. The predicted octanol–water partition coefficient (Wildman–Crippen LogP) is 3.99. The Morgan fingerprint density at radius 3 is 2.45 bits per heavy atom. The van der Waals surface area contributed by atoms with Crippen molar-refractivity contribution in [1.29, 1.82) is 0 Å². The topological polar surface area (TPSA) is 93.7 Å². The van der Waals surface area contributed by atoms with Crippen molar-refractivity contribution in [3.8, 4) is 17.4 Å². The molecule has 0 saturated carbocycles. The van der Waals surface area contributed by atoms with Crippen molar-refractivity contribution >= 4 is 28.1 Å². The molecule has 1 amide bonds. The highest BCUT2D eigenvalue weighted by Gasteiger charge is 2.31. The number of hydrogen-bond acceptors (Lipinski definition) is 8. The Morgan fingerprint density at radius 1 is 1.03 bits per heavy atom. The lowest BCUT2D eigenvalue weighted by Crippen LogP contribution is -2.30. The molecule has 4 rings (SSSR count). The zero-order valence-corrected chi connectivity index (χ0v) is 19.2. The summed E-state index contributed by atoms with van der Waals surface area (Å²) < 4.78 is 11.6. The van der Waals surface area contributed by atoms with Crippen molar-refractivity contribution in [3.63, 3.8) is 0 Å². The van der Waals surface area contributed by atoms with Gasteiger partial charge in [0.05, 0.1) is 6.54 Å². The first-order valence-corrected chi connectivity index (χ1v) is 11.3. The summed E-state index contributed by atoms with van der Waals surface area (Å²) in [7, 11) is 1.89. The first kappa shape index (κ1) is 22.6. The average Bonchev–Trinajstić information content (AvgIpc) is 3.13. The number of likely N-dealkylation sites (N-methyl/N-ethyl adjacent to an activating group) is 1. The minimum Gasteiger partial charge on any atom is -0.492 e. The molecular weight excluding hydrogens is 440 g/mol. The summed E-state index contributed by atoms with van der Waals surface area (Å²) in [6.45, 7) is 3.04. The van der Waals surface area contributed by atoms with E-state index >= 15 is 0 Å². The molecule has 170 valence electrons. The molecule has 1 unspecified atom stereocenters. The zero-order chi connectivity index (χ0) is 23.2. The SMILES string of the molecule is Cc1ccc(Oc2ccnc(N(C)CCOc3ccc(CC4NC(=O)SC4=O)cc3)n2)cc1. The maximum absolute atomic E-state index is 11.7. The number of aryl methyl sites for hydroxylation is 1. The molecule has 0 bridgehead atoms. The molecule has 1 aliphatic rings. The van der Waals surface area contributed by atoms with E-state index in [0.29, 0.717) is 31.4 Å². The standard InChI is InChI=1S/C24H24N4O4S/c1-16-3-7-19(8-4-16)32-21-11-12-25-23(27-21)28(2)13-14-31-18-9-5-17(6-10-18)15-20-22(29)33-24(30)26-20/h3-12,20H,13-15H2,1-2H3,(H,26,30). The van der Waals surface area contributed by atoms with Crippen molar-refractivity contribution < 1.29 is 19.1 Å². The molecule has 0 aliphatic carbocycles. The molecule has 1 fully saturated rings. The maximum atomic E-state index is 11.7. The van der Waals surface area contributed by atoms with Crippen LogP contribution in [0, 0.1) is 6.92 Å². The van der Waals surface area contributed by atoms with E-state index in [0.717, 1.165) is 34.4 Å². The fourth-order valence-electron chi connectivity index (χ4n) is 3.19. The number of aromatic nitrogens is 2. The third-order valence-corrected chi connectivity index (χ3v) is 5.82. The molecule has 0 radical (unpaired) electrons. The predicted molar refractivity (Wildman–Crippen MR) is 127 cm³/mol. The molecule has 3 aromatic rings. The largest absolute Gasteiger partial charge is 0.492 e. The van der Waals surface area contributed by atoms with Crippen LogP contribution in [0.4, 0.5) is 10.7 Å². The van der Waals surface area contributed by atoms with E-state index in [4.69, 9.17) is 9.47 Å². The average molecular weight is 465 g/mol. The third-order valence-electron chi connectivity index (χ3n) is 5.03. The molecule has 2 aromatic carbocycles. The van der Waals surface area contributed by atoms with E-state index in [1.807, 2.05) is 67.4 Å². The minimum absolute atomic E-state index is 0.140. The number of rotatable bonds is 9. The normalized spacial score (nSPS) is 15.3. The molecule has 1 aliphatic heterocycles. The first-order valence-electron chi connectivity index (χ1n) is 10.5. The Labute approximate surface area is 196 Å². The van der Waals surface area contributed by atoms with Crippen LogP contribution >= 0.6 is 11.8 Å². The Morgan fingerprint density at radius 2 is 1.76 bits per heavy atom. The van der Waals surface area contributed by atoms with Crippen LogP contribution in [0.25, 0.3) is 0 Å². The highest BCUT2D eigenvalue weighted by molar-refractivity contribution is 8.26. The van der Waals surface area contributed by atoms with Gasteiger partial charge in [-0.1, -0.05) is 29.8 Å². The zero-order valence-electron chi connectivity index (χ0n) is 18.4. The van der Waals surface area contributed by atoms with E-state index in [9.17, 15) is 9.59 Å². The smallest absolute Gasteiger partial charge is 0.287 e. The minimum atomic E-state index is -0.464. The van der Waals surface area contributed by atoms with Gasteiger partial charge < -0.3 is 19.7 Å². The second-order valence-electron chi connectivity index (χ2n) is 7.63. The van der Waals surface area contributed by atoms with Crippen LogP contribution in [0.1, 0.15) is 11.1 Å². The van der Waals surface area contributed by atoms with Gasteiger partial charge in [0.1, 0.15) is 24.1 Å². The number of amides is 1. The van der Waals surface area contributed by atoms with Crippen molar-refractivity contribution in [1.82, 2.24) is 15.3 Å². The number of nitrogens with one attached hydrogen (secondary N) is 1. The summed E-state index contributed by atoms with van der Waals surface area (Å²) in [6.07, 6.45) is 2.14. The summed E-state index contributed by atoms with van der Waals surface area (Å²) in [5.74, 6) is 2.46. The number of anilines is 1. The number of benzene rings is 2. The summed E-state index contributed by atoms with van der Waals surface area (Å²) in [5, 5.41) is 2.24. The Balaban J connectivity index is 1.26. The fraction of sp³-hybridized carbons (Fsp3) is 0.250. The summed E-state index contributed by atoms with van der Waals surface area (Å²) >= 11 is 0.728. The molecule has 33 heavy (non-hydrogen) atoms. The fourth-order valence-corrected chi connectivity index (χ4v) is 3.85. The van der Waals surface area contributed by atoms with Crippen LogP contribution in [0.15, 0.2) is 60.8 Å². The van der Waals surface area contributed by atoms with Gasteiger partial charge in [0.25, 0.3) is 5.24 Å². The summed E-state index contributed by atoms with van der Waals surface area (Å²) in [5.41, 5.74) is 2.12. The Bertz CT molecular complexity index is 1120. The van der Waals surface area contributed by atoms with Crippen LogP contribution in [-0.2, 0) is 11.2 Å². The Hall–Kier alpha value is -3.59. The molecule has 2 heterocycles. The number of hydrogen-bond donors (Lipinski definition) is 1. The van der Waals surface area contributed by atoms with Gasteiger partial charge in [-0.3, -0.25) is 9.59 Å². The molecule has 1 atom stereocenters. The van der Waals surface area contributed by atoms with Gasteiger partial charge in [-0.05, 0) is 36.8 Å². The van der Waals surface area contributed by atoms with Gasteiger partial charge in [-0.25, -0.2) is 4.98 Å². The monoisotopic (exact) mass is 464 g/mol. The molecule has 1 aromatic heterocycles. The first-order chi connectivity index (χ1) is 16.0. The Kier molecular flexibility index (Phi) is 7.09. The van der Waals surface area contributed by atoms with E-state index in [2.05, 4.69) is 15.3 Å². The van der Waals surface area contributed by atoms with Crippen LogP contribution in [-0.4, -0.2) is 46.6 Å². The molecular formula is C24H24N4O4S. The van der Waals surface area contributed by atoms with Crippen LogP contribution in [0.2, 0.25) is 0 Å². The third kappa shape index (κ3) is 6.23. The van der Waals surface area contributed by atoms with Gasteiger partial charge in [0.15, 0.2) is 0 Å². The van der Waals surface area contributed by atoms with E-state index < -0.39 is 6.04 Å². The maximum Gasteiger partial charge on any atom is 0.287 e. The van der Waals surface area contributed by atoms with E-state index in [-0.39, 0.29) is 10.4 Å². The lowest BCUT2D eigenvalue weighted by Gasteiger charge is -2.18. The van der Waals surface area contributed by atoms with E-state index in [1.165, 1.54) is 0 Å². The van der Waals surface area contributed by atoms with Crippen molar-refractivity contribution in [2.75, 3.05) is 25.1 Å². The molecule has 1 saturated heterocycles. The molecule has 9 heteroatoms. The van der Waals surface area contributed by atoms with Crippen molar-refractivity contribution in [2.24, 2.45) is 0 Å². The molecule has 0 spiro atoms. The van der Waals surface area contributed by atoms with Gasteiger partial charge in [0.2, 0.25) is 16.9 Å². The highest BCUT2D eigenvalue weighted by atomic mass is 32.2. The van der Waals surface area contributed by atoms with Crippen LogP contribution < -0.4 is 19.7 Å². The van der Waals surface area contributed by atoms with E-state index in [1.54, 1.807) is 12.3 Å². The quantitative estimate of drug-likeness (QED) is 0.508. The van der Waals surface area contributed by atoms with Gasteiger partial charge in [-0.2, -0.15) is 4.98 Å². The number of carbonyl (C=O) groups is 2. The van der Waals surface area contributed by atoms with Gasteiger partial charge in [0, 0.05) is 37.5 Å². The summed E-state index contributed by atoms with van der Waals surface area (Å²) in [6, 6.07) is 16.5. The van der Waals surface area contributed by atoms with Gasteiger partial charge >= 0.3 is 0 Å². The highest BCUT2D eigenvalue weighted by Crippen LogP contribution is 2.22. The van der Waals surface area contributed by atoms with Gasteiger partial charge in [-0.15, -0.1) is 0 Å². The number of nitrogens with zero attached hydrogens (tertiary/aromatic N) is 3.